The molecule has 0 N–H and O–H groups in total. The summed E-state index contributed by atoms with van der Waals surface area (Å²) in [6.45, 7) is 8.28. The first-order chi connectivity index (χ1) is 8.11. The third kappa shape index (κ3) is 2.69. The van der Waals surface area contributed by atoms with Crippen molar-refractivity contribution < 1.29 is 9.53 Å². The second-order valence-electron chi connectivity index (χ2n) is 4.50. The van der Waals surface area contributed by atoms with Crippen LogP contribution in [0, 0.1) is 6.92 Å². The summed E-state index contributed by atoms with van der Waals surface area (Å²) in [5, 5.41) is 0. The van der Waals surface area contributed by atoms with Gasteiger partial charge in [0.25, 0.3) is 5.91 Å². The van der Waals surface area contributed by atoms with Crippen molar-refractivity contribution in [3.05, 3.63) is 21.4 Å². The van der Waals surface area contributed by atoms with E-state index in [4.69, 9.17) is 4.74 Å². The lowest BCUT2D eigenvalue weighted by Gasteiger charge is -2.30. The zero-order valence-electron chi connectivity index (χ0n) is 10.7. The molecule has 17 heavy (non-hydrogen) atoms. The quantitative estimate of drug-likeness (QED) is 0.810. The molecule has 4 heteroatoms. The van der Waals surface area contributed by atoms with Gasteiger partial charge in [0.2, 0.25) is 0 Å². The summed E-state index contributed by atoms with van der Waals surface area (Å²) in [6.07, 6.45) is 1.16. The Morgan fingerprint density at radius 1 is 1.65 bits per heavy atom. The maximum Gasteiger partial charge on any atom is 0.264 e. The van der Waals surface area contributed by atoms with Crippen molar-refractivity contribution in [3.8, 4) is 0 Å². The van der Waals surface area contributed by atoms with Crippen LogP contribution in [0.4, 0.5) is 0 Å². The Kier molecular flexibility index (Phi) is 3.84. The van der Waals surface area contributed by atoms with E-state index in [2.05, 4.69) is 13.8 Å². The fourth-order valence-corrected chi connectivity index (χ4v) is 3.22. The maximum atomic E-state index is 12.3. The van der Waals surface area contributed by atoms with Gasteiger partial charge in [0, 0.05) is 18.0 Å². The van der Waals surface area contributed by atoms with Crippen molar-refractivity contribution in [2.45, 2.75) is 33.3 Å². The molecule has 94 valence electrons. The van der Waals surface area contributed by atoms with E-state index in [0.29, 0.717) is 19.7 Å². The van der Waals surface area contributed by atoms with Crippen molar-refractivity contribution in [2.75, 3.05) is 19.7 Å². The highest BCUT2D eigenvalue weighted by atomic mass is 32.1. The summed E-state index contributed by atoms with van der Waals surface area (Å²) in [7, 11) is 0. The number of hydrogen-bond acceptors (Lipinski definition) is 3. The Labute approximate surface area is 106 Å². The van der Waals surface area contributed by atoms with Gasteiger partial charge in [0.1, 0.15) is 0 Å². The first-order valence-electron chi connectivity index (χ1n) is 6.12. The Hall–Kier alpha value is -0.870. The molecule has 1 aromatic heterocycles. The highest BCUT2D eigenvalue weighted by molar-refractivity contribution is 7.14. The second-order valence-corrected chi connectivity index (χ2v) is 5.64. The van der Waals surface area contributed by atoms with Gasteiger partial charge in [0.15, 0.2) is 0 Å². The lowest BCUT2D eigenvalue weighted by molar-refractivity contribution is -0.0122. The van der Waals surface area contributed by atoms with Crippen molar-refractivity contribution in [1.82, 2.24) is 4.90 Å². The largest absolute Gasteiger partial charge is 0.375 e. The number of hydrogen-bond donors (Lipinski definition) is 0. The summed E-state index contributed by atoms with van der Waals surface area (Å²) in [5.74, 6) is 0.160. The number of nitrogens with zero attached hydrogens (tertiary/aromatic N) is 1. The Morgan fingerprint density at radius 3 is 3.00 bits per heavy atom. The van der Waals surface area contributed by atoms with Gasteiger partial charge in [-0.3, -0.25) is 4.79 Å². The minimum atomic E-state index is 0.152. The average molecular weight is 253 g/mol. The molecule has 2 heterocycles. The molecule has 1 aliphatic rings. The monoisotopic (exact) mass is 253 g/mol. The maximum absolute atomic E-state index is 12.3. The van der Waals surface area contributed by atoms with Gasteiger partial charge in [-0.05, 0) is 31.9 Å². The molecule has 3 nitrogen and oxygen atoms in total. The van der Waals surface area contributed by atoms with Gasteiger partial charge in [-0.1, -0.05) is 6.92 Å². The highest BCUT2D eigenvalue weighted by Crippen LogP contribution is 2.24. The van der Waals surface area contributed by atoms with Gasteiger partial charge in [-0.25, -0.2) is 0 Å². The number of carbonyl (C=O) groups is 1. The third-order valence-corrected chi connectivity index (χ3v) is 4.45. The number of rotatable bonds is 2. The Balaban J connectivity index is 2.13. The minimum Gasteiger partial charge on any atom is -0.375 e. The normalized spacial score (nSPS) is 20.6. The fourth-order valence-electron chi connectivity index (χ4n) is 2.13. The fraction of sp³-hybridized carbons (Fsp3) is 0.615. The minimum absolute atomic E-state index is 0.152. The molecule has 1 fully saturated rings. The van der Waals surface area contributed by atoms with Crippen LogP contribution in [0.1, 0.15) is 34.0 Å². The molecule has 0 bridgehead atoms. The summed E-state index contributed by atoms with van der Waals surface area (Å²) in [4.78, 5) is 16.4. The van der Waals surface area contributed by atoms with E-state index in [0.717, 1.165) is 11.3 Å². The summed E-state index contributed by atoms with van der Waals surface area (Å²) < 4.78 is 5.45. The van der Waals surface area contributed by atoms with Crippen LogP contribution in [0.2, 0.25) is 0 Å². The molecule has 0 saturated carbocycles. The summed E-state index contributed by atoms with van der Waals surface area (Å²) in [6, 6.07) is 2.02. The Bertz CT molecular complexity index is 414. The smallest absolute Gasteiger partial charge is 0.264 e. The lowest BCUT2D eigenvalue weighted by Crippen LogP contribution is -2.44. The number of amides is 1. The van der Waals surface area contributed by atoms with Crippen LogP contribution in [0.25, 0.3) is 0 Å². The molecule has 1 atom stereocenters. The molecule has 1 aliphatic heterocycles. The first kappa shape index (κ1) is 12.6. The molecule has 1 unspecified atom stereocenters. The molecule has 0 aliphatic carbocycles. The van der Waals surface area contributed by atoms with Crippen LogP contribution in [0.3, 0.4) is 0 Å². The topological polar surface area (TPSA) is 29.5 Å². The van der Waals surface area contributed by atoms with E-state index in [1.54, 1.807) is 11.3 Å². The zero-order chi connectivity index (χ0) is 12.4. The van der Waals surface area contributed by atoms with Gasteiger partial charge >= 0.3 is 0 Å². The molecule has 0 spiro atoms. The lowest BCUT2D eigenvalue weighted by atomic mass is 10.2. The standard InChI is InChI=1S/C13H19NO2S/c1-4-11-9(2)7-12(17-11)13(15)14-5-6-16-10(3)8-14/h7,10H,4-6,8H2,1-3H3. The third-order valence-electron chi connectivity index (χ3n) is 3.08. The van der Waals surface area contributed by atoms with Crippen molar-refractivity contribution in [2.24, 2.45) is 0 Å². The second kappa shape index (κ2) is 5.19. The number of morpholine rings is 1. The number of aryl methyl sites for hydroxylation is 2. The van der Waals surface area contributed by atoms with Crippen LogP contribution >= 0.6 is 11.3 Å². The van der Waals surface area contributed by atoms with E-state index >= 15 is 0 Å². The summed E-state index contributed by atoms with van der Waals surface area (Å²) in [5.41, 5.74) is 1.24. The molecule has 1 amide bonds. The van der Waals surface area contributed by atoms with Crippen molar-refractivity contribution >= 4 is 17.2 Å². The van der Waals surface area contributed by atoms with Gasteiger partial charge in [0.05, 0.1) is 17.6 Å². The summed E-state index contributed by atoms with van der Waals surface area (Å²) >= 11 is 1.63. The number of ether oxygens (including phenoxy) is 1. The first-order valence-corrected chi connectivity index (χ1v) is 6.93. The SMILES string of the molecule is CCc1sc(C(=O)N2CCOC(C)C2)cc1C. The van der Waals surface area contributed by atoms with Crippen LogP contribution < -0.4 is 0 Å². The zero-order valence-corrected chi connectivity index (χ0v) is 11.5. The molecule has 1 aromatic rings. The molecule has 2 rings (SSSR count). The molecular weight excluding hydrogens is 234 g/mol. The molecule has 0 radical (unpaired) electrons. The predicted molar refractivity (Wildman–Crippen MR) is 69.8 cm³/mol. The highest BCUT2D eigenvalue weighted by Gasteiger charge is 2.23. The van der Waals surface area contributed by atoms with Crippen LogP contribution in [0.15, 0.2) is 6.07 Å². The van der Waals surface area contributed by atoms with Crippen LogP contribution in [-0.4, -0.2) is 36.6 Å². The van der Waals surface area contributed by atoms with E-state index in [9.17, 15) is 4.79 Å². The molecular formula is C13H19NO2S. The van der Waals surface area contributed by atoms with Crippen molar-refractivity contribution in [1.29, 1.82) is 0 Å². The Morgan fingerprint density at radius 2 is 2.41 bits per heavy atom. The van der Waals surface area contributed by atoms with Gasteiger partial charge in [-0.2, -0.15) is 0 Å². The van der Waals surface area contributed by atoms with E-state index < -0.39 is 0 Å². The molecule has 1 saturated heterocycles. The van der Waals surface area contributed by atoms with Crippen LogP contribution in [-0.2, 0) is 11.2 Å². The van der Waals surface area contributed by atoms with Gasteiger partial charge in [-0.15, -0.1) is 11.3 Å². The van der Waals surface area contributed by atoms with Crippen molar-refractivity contribution in [3.63, 3.8) is 0 Å². The van der Waals surface area contributed by atoms with E-state index in [1.807, 2.05) is 17.9 Å². The predicted octanol–water partition coefficient (Wildman–Crippen LogP) is 2.48. The van der Waals surface area contributed by atoms with Gasteiger partial charge < -0.3 is 9.64 Å². The number of thiophene rings is 1. The average Bonchev–Trinajstić information content (AvgIpc) is 2.69. The number of carbonyl (C=O) groups excluding carboxylic acids is 1. The van der Waals surface area contributed by atoms with Crippen LogP contribution in [0.5, 0.6) is 0 Å². The van der Waals surface area contributed by atoms with E-state index in [-0.39, 0.29) is 12.0 Å². The molecule has 0 aromatic carbocycles. The van der Waals surface area contributed by atoms with E-state index in [1.165, 1.54) is 10.4 Å².